The SMILES string of the molecule is CCOC(=O)CCCNC1CCCc2sccc21. The first kappa shape index (κ1) is 13.6. The van der Waals surface area contributed by atoms with Gasteiger partial charge in [0, 0.05) is 17.3 Å². The van der Waals surface area contributed by atoms with Crippen LogP contribution in [0.15, 0.2) is 11.4 Å². The van der Waals surface area contributed by atoms with Crippen molar-refractivity contribution < 1.29 is 9.53 Å². The number of ether oxygens (including phenoxy) is 1. The molecular formula is C14H21NO2S. The minimum Gasteiger partial charge on any atom is -0.466 e. The van der Waals surface area contributed by atoms with E-state index in [0.717, 1.165) is 13.0 Å². The number of rotatable bonds is 6. The van der Waals surface area contributed by atoms with Crippen LogP contribution in [0.25, 0.3) is 0 Å². The minimum atomic E-state index is -0.0841. The summed E-state index contributed by atoms with van der Waals surface area (Å²) in [5.41, 5.74) is 1.47. The number of carbonyl (C=O) groups is 1. The number of aryl methyl sites for hydroxylation is 1. The summed E-state index contributed by atoms with van der Waals surface area (Å²) in [4.78, 5) is 12.7. The van der Waals surface area contributed by atoms with Crippen LogP contribution < -0.4 is 5.32 Å². The van der Waals surface area contributed by atoms with Gasteiger partial charge in [-0.05, 0) is 56.2 Å². The molecule has 1 heterocycles. The molecule has 1 aliphatic rings. The summed E-state index contributed by atoms with van der Waals surface area (Å²) in [5, 5.41) is 5.74. The minimum absolute atomic E-state index is 0.0841. The van der Waals surface area contributed by atoms with Crippen LogP contribution in [0, 0.1) is 0 Å². The molecule has 0 spiro atoms. The van der Waals surface area contributed by atoms with E-state index in [2.05, 4.69) is 16.8 Å². The fourth-order valence-electron chi connectivity index (χ4n) is 2.44. The molecule has 100 valence electrons. The van der Waals surface area contributed by atoms with Crippen LogP contribution in [0.2, 0.25) is 0 Å². The van der Waals surface area contributed by atoms with E-state index >= 15 is 0 Å². The summed E-state index contributed by atoms with van der Waals surface area (Å²) in [6.07, 6.45) is 5.08. The molecule has 0 aromatic carbocycles. The normalized spacial score (nSPS) is 18.4. The Balaban J connectivity index is 1.71. The molecule has 1 aromatic rings. The van der Waals surface area contributed by atoms with E-state index in [-0.39, 0.29) is 5.97 Å². The molecule has 18 heavy (non-hydrogen) atoms. The fraction of sp³-hybridized carbons (Fsp3) is 0.643. The lowest BCUT2D eigenvalue weighted by Crippen LogP contribution is -2.25. The van der Waals surface area contributed by atoms with E-state index in [0.29, 0.717) is 19.1 Å². The van der Waals surface area contributed by atoms with Crippen LogP contribution in [0.4, 0.5) is 0 Å². The first-order valence-corrected chi connectivity index (χ1v) is 7.64. The predicted molar refractivity (Wildman–Crippen MR) is 73.9 cm³/mol. The summed E-state index contributed by atoms with van der Waals surface area (Å²) in [6, 6.07) is 2.73. The lowest BCUT2D eigenvalue weighted by Gasteiger charge is -2.23. The lowest BCUT2D eigenvalue weighted by molar-refractivity contribution is -0.143. The van der Waals surface area contributed by atoms with Crippen molar-refractivity contribution in [2.24, 2.45) is 0 Å². The van der Waals surface area contributed by atoms with Crippen molar-refractivity contribution >= 4 is 17.3 Å². The van der Waals surface area contributed by atoms with Gasteiger partial charge in [-0.1, -0.05) is 0 Å². The van der Waals surface area contributed by atoms with Gasteiger partial charge in [0.1, 0.15) is 0 Å². The monoisotopic (exact) mass is 267 g/mol. The number of hydrogen-bond acceptors (Lipinski definition) is 4. The van der Waals surface area contributed by atoms with Crippen LogP contribution >= 0.6 is 11.3 Å². The fourth-order valence-corrected chi connectivity index (χ4v) is 3.43. The molecule has 2 rings (SSSR count). The highest BCUT2D eigenvalue weighted by molar-refractivity contribution is 7.10. The topological polar surface area (TPSA) is 38.3 Å². The molecule has 0 saturated carbocycles. The number of hydrogen-bond donors (Lipinski definition) is 1. The van der Waals surface area contributed by atoms with Crippen LogP contribution in [0.3, 0.4) is 0 Å². The molecule has 1 N–H and O–H groups in total. The van der Waals surface area contributed by atoms with E-state index in [9.17, 15) is 4.79 Å². The first-order chi connectivity index (χ1) is 8.81. The Morgan fingerprint density at radius 1 is 1.61 bits per heavy atom. The van der Waals surface area contributed by atoms with Crippen molar-refractivity contribution in [3.63, 3.8) is 0 Å². The second kappa shape index (κ2) is 6.90. The average Bonchev–Trinajstić information content (AvgIpc) is 2.84. The average molecular weight is 267 g/mol. The van der Waals surface area contributed by atoms with Gasteiger partial charge in [-0.3, -0.25) is 4.79 Å². The van der Waals surface area contributed by atoms with Gasteiger partial charge in [0.2, 0.25) is 0 Å². The zero-order valence-corrected chi connectivity index (χ0v) is 11.7. The summed E-state index contributed by atoms with van der Waals surface area (Å²) in [6.45, 7) is 3.21. The molecule has 0 saturated heterocycles. The smallest absolute Gasteiger partial charge is 0.305 e. The molecule has 0 amide bonds. The van der Waals surface area contributed by atoms with Crippen LogP contribution in [0.1, 0.15) is 49.1 Å². The van der Waals surface area contributed by atoms with Gasteiger partial charge in [-0.25, -0.2) is 0 Å². The maximum atomic E-state index is 11.2. The maximum Gasteiger partial charge on any atom is 0.305 e. The molecule has 0 fully saturated rings. The Morgan fingerprint density at radius 3 is 3.33 bits per heavy atom. The lowest BCUT2D eigenvalue weighted by atomic mass is 9.94. The molecule has 1 unspecified atom stereocenters. The Morgan fingerprint density at radius 2 is 2.50 bits per heavy atom. The van der Waals surface area contributed by atoms with Gasteiger partial charge in [0.25, 0.3) is 0 Å². The van der Waals surface area contributed by atoms with Gasteiger partial charge in [-0.15, -0.1) is 11.3 Å². The standard InChI is InChI=1S/C14H21NO2S/c1-2-17-14(16)7-4-9-15-12-5-3-6-13-11(12)8-10-18-13/h8,10,12,15H,2-7,9H2,1H3. The van der Waals surface area contributed by atoms with Crippen molar-refractivity contribution in [2.45, 2.75) is 45.1 Å². The Kier molecular flexibility index (Phi) is 5.20. The highest BCUT2D eigenvalue weighted by Crippen LogP contribution is 2.33. The quantitative estimate of drug-likeness (QED) is 0.636. The maximum absolute atomic E-state index is 11.2. The van der Waals surface area contributed by atoms with E-state index in [4.69, 9.17) is 4.74 Å². The number of nitrogens with one attached hydrogen (secondary N) is 1. The Labute approximate surface area is 113 Å². The predicted octanol–water partition coefficient (Wildman–Crippen LogP) is 3.06. The number of fused-ring (bicyclic) bond motifs is 1. The number of carbonyl (C=O) groups excluding carboxylic acids is 1. The molecule has 1 atom stereocenters. The molecule has 4 heteroatoms. The molecule has 0 radical (unpaired) electrons. The van der Waals surface area contributed by atoms with E-state index in [1.54, 1.807) is 0 Å². The van der Waals surface area contributed by atoms with Crippen LogP contribution in [-0.2, 0) is 16.0 Å². The zero-order chi connectivity index (χ0) is 12.8. The van der Waals surface area contributed by atoms with Gasteiger partial charge >= 0.3 is 5.97 Å². The van der Waals surface area contributed by atoms with Gasteiger partial charge < -0.3 is 10.1 Å². The van der Waals surface area contributed by atoms with Gasteiger partial charge in [0.05, 0.1) is 6.61 Å². The molecule has 0 aliphatic heterocycles. The van der Waals surface area contributed by atoms with Gasteiger partial charge in [-0.2, -0.15) is 0 Å². The Hall–Kier alpha value is -0.870. The molecule has 3 nitrogen and oxygen atoms in total. The van der Waals surface area contributed by atoms with Crippen molar-refractivity contribution in [1.29, 1.82) is 0 Å². The molecule has 1 aliphatic carbocycles. The molecule has 1 aromatic heterocycles. The van der Waals surface area contributed by atoms with Crippen molar-refractivity contribution in [3.05, 3.63) is 21.9 Å². The largest absolute Gasteiger partial charge is 0.466 e. The summed E-state index contributed by atoms with van der Waals surface area (Å²) >= 11 is 1.87. The van der Waals surface area contributed by atoms with Crippen LogP contribution in [-0.4, -0.2) is 19.1 Å². The van der Waals surface area contributed by atoms with E-state index < -0.39 is 0 Å². The number of esters is 1. The highest BCUT2D eigenvalue weighted by atomic mass is 32.1. The third-order valence-electron chi connectivity index (χ3n) is 3.31. The first-order valence-electron chi connectivity index (χ1n) is 6.76. The third-order valence-corrected chi connectivity index (χ3v) is 4.30. The summed E-state index contributed by atoms with van der Waals surface area (Å²) in [5.74, 6) is -0.0841. The summed E-state index contributed by atoms with van der Waals surface area (Å²) < 4.78 is 4.91. The second-order valence-corrected chi connectivity index (χ2v) is 5.61. The van der Waals surface area contributed by atoms with Crippen LogP contribution in [0.5, 0.6) is 0 Å². The molecular weight excluding hydrogens is 246 g/mol. The molecule has 0 bridgehead atoms. The Bertz CT molecular complexity index is 389. The van der Waals surface area contributed by atoms with Gasteiger partial charge in [0.15, 0.2) is 0 Å². The van der Waals surface area contributed by atoms with Crippen molar-refractivity contribution in [3.8, 4) is 0 Å². The van der Waals surface area contributed by atoms with E-state index in [1.165, 1.54) is 29.7 Å². The van der Waals surface area contributed by atoms with Crippen molar-refractivity contribution in [2.75, 3.05) is 13.2 Å². The second-order valence-electron chi connectivity index (χ2n) is 4.61. The van der Waals surface area contributed by atoms with E-state index in [1.807, 2.05) is 18.3 Å². The number of thiophene rings is 1. The zero-order valence-electron chi connectivity index (χ0n) is 10.9. The summed E-state index contributed by atoms with van der Waals surface area (Å²) in [7, 11) is 0. The van der Waals surface area contributed by atoms with Crippen molar-refractivity contribution in [1.82, 2.24) is 5.32 Å². The third kappa shape index (κ3) is 3.56. The highest BCUT2D eigenvalue weighted by Gasteiger charge is 2.20.